The highest BCUT2D eigenvalue weighted by Crippen LogP contribution is 2.52. The van der Waals surface area contributed by atoms with Gasteiger partial charge in [0.1, 0.15) is 5.60 Å². The van der Waals surface area contributed by atoms with Crippen LogP contribution in [0.1, 0.15) is 27.2 Å². The number of hydrogen-bond acceptors (Lipinski definition) is 5. The number of hydroxylamine groups is 2. The molecule has 3 rings (SSSR count). The third-order valence-electron chi connectivity index (χ3n) is 3.99. The standard InChI is InChI=1S/C14H17NO5/c1-14(2,3)19-13(18)20-15-11(16)9-7-4-5-8(6-7)10(9)12(15)17/h4-5,7-10H,6H2,1-3H3. The maximum absolute atomic E-state index is 12.2. The molecule has 0 aromatic carbocycles. The number of fused-ring (bicyclic) bond motifs is 5. The molecule has 1 saturated heterocycles. The van der Waals surface area contributed by atoms with E-state index in [-0.39, 0.29) is 23.7 Å². The molecule has 6 heteroatoms. The molecule has 3 aliphatic rings. The first-order chi connectivity index (χ1) is 9.28. The predicted octanol–water partition coefficient (Wildman–Crippen LogP) is 1.66. The Morgan fingerprint density at radius 2 is 1.65 bits per heavy atom. The highest BCUT2D eigenvalue weighted by Gasteiger charge is 2.61. The molecule has 2 amide bonds. The Kier molecular flexibility index (Phi) is 2.68. The number of carbonyl (C=O) groups excluding carboxylic acids is 3. The molecule has 0 aromatic heterocycles. The van der Waals surface area contributed by atoms with Gasteiger partial charge in [0.15, 0.2) is 0 Å². The lowest BCUT2D eigenvalue weighted by Crippen LogP contribution is -2.37. The second-order valence-corrected chi connectivity index (χ2v) is 6.53. The van der Waals surface area contributed by atoms with Crippen molar-refractivity contribution in [2.75, 3.05) is 0 Å². The van der Waals surface area contributed by atoms with Crippen LogP contribution in [0.25, 0.3) is 0 Å². The quantitative estimate of drug-likeness (QED) is 0.414. The molecule has 2 aliphatic carbocycles. The van der Waals surface area contributed by atoms with Gasteiger partial charge < -0.3 is 4.74 Å². The lowest BCUT2D eigenvalue weighted by molar-refractivity contribution is -0.183. The van der Waals surface area contributed by atoms with E-state index < -0.39 is 23.6 Å². The van der Waals surface area contributed by atoms with Crippen LogP contribution in [-0.2, 0) is 19.2 Å². The van der Waals surface area contributed by atoms with Crippen LogP contribution in [0.4, 0.5) is 4.79 Å². The topological polar surface area (TPSA) is 72.9 Å². The molecular weight excluding hydrogens is 262 g/mol. The average molecular weight is 279 g/mol. The predicted molar refractivity (Wildman–Crippen MR) is 66.9 cm³/mol. The van der Waals surface area contributed by atoms with E-state index in [2.05, 4.69) is 0 Å². The van der Waals surface area contributed by atoms with E-state index in [9.17, 15) is 14.4 Å². The number of hydrogen-bond donors (Lipinski definition) is 0. The van der Waals surface area contributed by atoms with Gasteiger partial charge in [0.25, 0.3) is 11.8 Å². The Morgan fingerprint density at radius 3 is 2.10 bits per heavy atom. The summed E-state index contributed by atoms with van der Waals surface area (Å²) >= 11 is 0. The van der Waals surface area contributed by atoms with E-state index in [1.165, 1.54) is 0 Å². The van der Waals surface area contributed by atoms with Gasteiger partial charge in [0.05, 0.1) is 11.8 Å². The summed E-state index contributed by atoms with van der Waals surface area (Å²) in [6, 6.07) is 0. The summed E-state index contributed by atoms with van der Waals surface area (Å²) in [5.41, 5.74) is -0.737. The van der Waals surface area contributed by atoms with Gasteiger partial charge in [0, 0.05) is 0 Å². The van der Waals surface area contributed by atoms with Crippen molar-refractivity contribution in [3.63, 3.8) is 0 Å². The molecular formula is C14H17NO5. The van der Waals surface area contributed by atoms with Crippen molar-refractivity contribution in [2.24, 2.45) is 23.7 Å². The van der Waals surface area contributed by atoms with Crippen molar-refractivity contribution < 1.29 is 24.0 Å². The SMILES string of the molecule is CC(C)(C)OC(=O)ON1C(=O)C2C3C=CC(C3)C2C1=O. The van der Waals surface area contributed by atoms with Gasteiger partial charge in [-0.25, -0.2) is 4.79 Å². The van der Waals surface area contributed by atoms with Crippen LogP contribution >= 0.6 is 0 Å². The Labute approximate surface area is 116 Å². The molecule has 0 spiro atoms. The summed E-state index contributed by atoms with van der Waals surface area (Å²) < 4.78 is 4.96. The molecule has 1 heterocycles. The second kappa shape index (κ2) is 4.07. The third kappa shape index (κ3) is 1.90. The molecule has 4 atom stereocenters. The molecule has 0 radical (unpaired) electrons. The van der Waals surface area contributed by atoms with E-state index in [4.69, 9.17) is 9.57 Å². The Hall–Kier alpha value is -1.85. The van der Waals surface area contributed by atoms with Crippen molar-refractivity contribution in [2.45, 2.75) is 32.8 Å². The molecule has 20 heavy (non-hydrogen) atoms. The zero-order chi connectivity index (χ0) is 14.7. The monoisotopic (exact) mass is 279 g/mol. The van der Waals surface area contributed by atoms with Gasteiger partial charge in [-0.3, -0.25) is 14.4 Å². The van der Waals surface area contributed by atoms with Gasteiger partial charge >= 0.3 is 6.16 Å². The maximum Gasteiger partial charge on any atom is 0.534 e. The molecule has 1 aliphatic heterocycles. The van der Waals surface area contributed by atoms with Crippen LogP contribution < -0.4 is 0 Å². The molecule has 108 valence electrons. The molecule has 0 aromatic rings. The summed E-state index contributed by atoms with van der Waals surface area (Å²) in [7, 11) is 0. The van der Waals surface area contributed by atoms with E-state index in [1.807, 2.05) is 12.2 Å². The number of ether oxygens (including phenoxy) is 1. The van der Waals surface area contributed by atoms with Gasteiger partial charge in [-0.15, -0.1) is 0 Å². The van der Waals surface area contributed by atoms with Crippen molar-refractivity contribution in [1.29, 1.82) is 0 Å². The molecule has 6 nitrogen and oxygen atoms in total. The number of carbonyl (C=O) groups is 3. The van der Waals surface area contributed by atoms with Crippen LogP contribution in [0.5, 0.6) is 0 Å². The number of allylic oxidation sites excluding steroid dienone is 2. The van der Waals surface area contributed by atoms with Crippen LogP contribution in [0.15, 0.2) is 12.2 Å². The Bertz CT molecular complexity index is 488. The van der Waals surface area contributed by atoms with E-state index >= 15 is 0 Å². The Balaban J connectivity index is 1.72. The Morgan fingerprint density at radius 1 is 1.15 bits per heavy atom. The first-order valence-electron chi connectivity index (χ1n) is 6.75. The zero-order valence-electron chi connectivity index (χ0n) is 11.7. The second-order valence-electron chi connectivity index (χ2n) is 6.53. The summed E-state index contributed by atoms with van der Waals surface area (Å²) in [5.74, 6) is -1.42. The first kappa shape index (κ1) is 13.1. The molecule has 4 unspecified atom stereocenters. The third-order valence-corrected chi connectivity index (χ3v) is 3.99. The van der Waals surface area contributed by atoms with E-state index in [0.717, 1.165) is 6.42 Å². The minimum absolute atomic E-state index is 0.0914. The van der Waals surface area contributed by atoms with Crippen LogP contribution in [0.3, 0.4) is 0 Å². The maximum atomic E-state index is 12.2. The molecule has 2 fully saturated rings. The highest BCUT2D eigenvalue weighted by molar-refractivity contribution is 6.05. The van der Waals surface area contributed by atoms with Gasteiger partial charge in [-0.05, 0) is 39.0 Å². The highest BCUT2D eigenvalue weighted by atomic mass is 16.8. The summed E-state index contributed by atoms with van der Waals surface area (Å²) in [5, 5.41) is 0.593. The smallest absolute Gasteiger partial charge is 0.427 e. The van der Waals surface area contributed by atoms with Gasteiger partial charge in [0.2, 0.25) is 0 Å². The van der Waals surface area contributed by atoms with E-state index in [1.54, 1.807) is 20.8 Å². The van der Waals surface area contributed by atoms with E-state index in [0.29, 0.717) is 5.06 Å². The van der Waals surface area contributed by atoms with Gasteiger partial charge in [-0.2, -0.15) is 0 Å². The van der Waals surface area contributed by atoms with Crippen LogP contribution in [-0.4, -0.2) is 28.6 Å². The number of imide groups is 1. The fourth-order valence-corrected chi connectivity index (χ4v) is 3.31. The van der Waals surface area contributed by atoms with Crippen molar-refractivity contribution in [3.8, 4) is 0 Å². The fourth-order valence-electron chi connectivity index (χ4n) is 3.31. The van der Waals surface area contributed by atoms with Crippen molar-refractivity contribution in [3.05, 3.63) is 12.2 Å². The summed E-state index contributed by atoms with van der Waals surface area (Å²) in [4.78, 5) is 40.9. The summed E-state index contributed by atoms with van der Waals surface area (Å²) in [6.45, 7) is 5.04. The molecule has 1 saturated carbocycles. The number of rotatable bonds is 1. The number of amides is 2. The van der Waals surface area contributed by atoms with Crippen LogP contribution in [0.2, 0.25) is 0 Å². The fraction of sp³-hybridized carbons (Fsp3) is 0.643. The largest absolute Gasteiger partial charge is 0.534 e. The lowest BCUT2D eigenvalue weighted by Gasteiger charge is -2.21. The minimum Gasteiger partial charge on any atom is -0.427 e. The normalized spacial score (nSPS) is 34.6. The summed E-state index contributed by atoms with van der Waals surface area (Å²) in [6.07, 6.45) is 3.77. The van der Waals surface area contributed by atoms with Crippen molar-refractivity contribution >= 4 is 18.0 Å². The lowest BCUT2D eigenvalue weighted by atomic mass is 9.85. The van der Waals surface area contributed by atoms with Crippen LogP contribution in [0, 0.1) is 23.7 Å². The first-order valence-corrected chi connectivity index (χ1v) is 6.75. The van der Waals surface area contributed by atoms with Gasteiger partial charge in [-0.1, -0.05) is 17.2 Å². The molecule has 0 N–H and O–H groups in total. The number of nitrogens with zero attached hydrogens (tertiary/aromatic N) is 1. The average Bonchev–Trinajstić information content (AvgIpc) is 2.96. The zero-order valence-corrected chi connectivity index (χ0v) is 11.7. The van der Waals surface area contributed by atoms with Crippen molar-refractivity contribution in [1.82, 2.24) is 5.06 Å². The molecule has 2 bridgehead atoms. The minimum atomic E-state index is -1.03.